The van der Waals surface area contributed by atoms with Gasteiger partial charge < -0.3 is 15.5 Å². The van der Waals surface area contributed by atoms with Gasteiger partial charge >= 0.3 is 0 Å². The van der Waals surface area contributed by atoms with Gasteiger partial charge in [0.25, 0.3) is 5.91 Å². The Bertz CT molecular complexity index is 1490. The molecule has 0 saturated heterocycles. The quantitative estimate of drug-likeness (QED) is 0.377. The normalized spacial score (nSPS) is 21.9. The van der Waals surface area contributed by atoms with E-state index in [1.54, 1.807) is 29.2 Å². The Morgan fingerprint density at radius 3 is 2.58 bits per heavy atom. The number of fused-ring (bicyclic) bond motifs is 1. The van der Waals surface area contributed by atoms with Gasteiger partial charge in [-0.25, -0.2) is 9.37 Å². The lowest BCUT2D eigenvalue weighted by atomic mass is 9.99. The number of aliphatic hydroxyl groups is 2. The van der Waals surface area contributed by atoms with Crippen LogP contribution in [0, 0.1) is 11.8 Å². The zero-order chi connectivity index (χ0) is 25.1. The third-order valence-corrected chi connectivity index (χ3v) is 7.17. The summed E-state index contributed by atoms with van der Waals surface area (Å²) in [5, 5.41) is 26.3. The highest BCUT2D eigenvalue weighted by molar-refractivity contribution is 6.32. The van der Waals surface area contributed by atoms with Crippen molar-refractivity contribution in [2.45, 2.75) is 50.0 Å². The number of nitrogens with one attached hydrogen (secondary N) is 1. The highest BCUT2D eigenvalue weighted by Gasteiger charge is 2.33. The minimum atomic E-state index is -0.873. The fraction of sp³-hybridized carbons (Fsp3) is 0.320. The minimum Gasteiger partial charge on any atom is -0.390 e. The monoisotopic (exact) mass is 513 g/mol. The average molecular weight is 514 g/mol. The standard InChI is InChI=1S/C25H22ClF2N5O3/c26-23-22(21-15(2-1-3-17(21)27)16-11-33(14-4-5-14)31-24(16)28)30-20-8-12(6-7-32(20)23)25(36)29-13-9-18(34)19(35)10-13/h1-3,6-8,11,13-14,18-19,34-35H,4-5,9-10H2,(H,29,36)/t13?,18-,19+. The van der Waals surface area contributed by atoms with Gasteiger partial charge in [-0.2, -0.15) is 4.39 Å². The summed E-state index contributed by atoms with van der Waals surface area (Å²) < 4.78 is 33.0. The molecular weight excluding hydrogens is 492 g/mol. The number of rotatable bonds is 5. The number of pyridine rings is 1. The predicted octanol–water partition coefficient (Wildman–Crippen LogP) is 3.75. The lowest BCUT2D eigenvalue weighted by Crippen LogP contribution is -2.33. The molecule has 1 aromatic carbocycles. The number of imidazole rings is 1. The zero-order valence-electron chi connectivity index (χ0n) is 18.9. The van der Waals surface area contributed by atoms with Crippen LogP contribution in [0.5, 0.6) is 0 Å². The number of carbonyl (C=O) groups is 1. The number of nitrogens with zero attached hydrogens (tertiary/aromatic N) is 4. The van der Waals surface area contributed by atoms with E-state index in [0.717, 1.165) is 12.8 Å². The number of aliphatic hydroxyl groups excluding tert-OH is 2. The SMILES string of the molecule is O=C(NC1C[C@@H](O)[C@@H](O)C1)c1ccn2c(Cl)c(-c3c(F)cccc3-c3cn(C4CC4)nc3F)nc2c1. The first-order valence-corrected chi connectivity index (χ1v) is 12.1. The van der Waals surface area contributed by atoms with Crippen molar-refractivity contribution >= 4 is 23.2 Å². The minimum absolute atomic E-state index is 0.0420. The molecule has 0 bridgehead atoms. The van der Waals surface area contributed by atoms with E-state index >= 15 is 4.39 Å². The van der Waals surface area contributed by atoms with Gasteiger partial charge in [0.2, 0.25) is 5.95 Å². The molecule has 0 radical (unpaired) electrons. The maximum atomic E-state index is 15.2. The molecule has 1 unspecified atom stereocenters. The molecule has 3 aromatic heterocycles. The van der Waals surface area contributed by atoms with Crippen molar-refractivity contribution < 1.29 is 23.8 Å². The van der Waals surface area contributed by atoms with Crippen molar-refractivity contribution in [3.63, 3.8) is 0 Å². The average Bonchev–Trinajstić information content (AvgIpc) is 3.46. The van der Waals surface area contributed by atoms with Crippen LogP contribution >= 0.6 is 11.6 Å². The Morgan fingerprint density at radius 1 is 1.11 bits per heavy atom. The second kappa shape index (κ2) is 8.65. The van der Waals surface area contributed by atoms with Crippen molar-refractivity contribution in [3.05, 3.63) is 65.2 Å². The van der Waals surface area contributed by atoms with E-state index in [1.165, 1.54) is 22.6 Å². The van der Waals surface area contributed by atoms with Gasteiger partial charge in [0.1, 0.15) is 22.3 Å². The maximum absolute atomic E-state index is 15.2. The van der Waals surface area contributed by atoms with Crippen LogP contribution in [0.3, 0.4) is 0 Å². The van der Waals surface area contributed by atoms with Gasteiger partial charge in [-0.3, -0.25) is 13.9 Å². The van der Waals surface area contributed by atoms with Crippen molar-refractivity contribution in [3.8, 4) is 22.4 Å². The number of aromatic nitrogens is 4. The first kappa shape index (κ1) is 23.1. The van der Waals surface area contributed by atoms with Crippen molar-refractivity contribution in [1.82, 2.24) is 24.5 Å². The molecule has 1 amide bonds. The molecule has 2 aliphatic carbocycles. The van der Waals surface area contributed by atoms with Crippen molar-refractivity contribution in [1.29, 1.82) is 0 Å². The molecule has 2 saturated carbocycles. The molecule has 3 atom stereocenters. The molecular formula is C25H22ClF2N5O3. The third-order valence-electron chi connectivity index (χ3n) is 6.81. The first-order chi connectivity index (χ1) is 17.3. The Hall–Kier alpha value is -3.34. The van der Waals surface area contributed by atoms with Crippen molar-refractivity contribution in [2.75, 3.05) is 0 Å². The van der Waals surface area contributed by atoms with E-state index in [1.807, 2.05) is 0 Å². The number of hydrogen-bond donors (Lipinski definition) is 3. The van der Waals surface area contributed by atoms with E-state index in [0.29, 0.717) is 5.65 Å². The molecule has 4 aromatic rings. The number of hydrogen-bond acceptors (Lipinski definition) is 5. The maximum Gasteiger partial charge on any atom is 0.251 e. The number of amides is 1. The van der Waals surface area contributed by atoms with Crippen molar-refractivity contribution in [2.24, 2.45) is 0 Å². The van der Waals surface area contributed by atoms with Crippen LogP contribution < -0.4 is 5.32 Å². The molecule has 36 heavy (non-hydrogen) atoms. The Kier molecular flexibility index (Phi) is 5.55. The van der Waals surface area contributed by atoms with Gasteiger partial charge in [-0.1, -0.05) is 23.7 Å². The molecule has 3 N–H and O–H groups in total. The molecule has 2 fully saturated rings. The van der Waals surface area contributed by atoms with E-state index < -0.39 is 29.9 Å². The number of halogens is 3. The summed E-state index contributed by atoms with van der Waals surface area (Å²) in [6.45, 7) is 0. The van der Waals surface area contributed by atoms with E-state index in [4.69, 9.17) is 11.6 Å². The fourth-order valence-electron chi connectivity index (χ4n) is 4.76. The van der Waals surface area contributed by atoms with Crippen LogP contribution in [-0.4, -0.2) is 53.5 Å². The van der Waals surface area contributed by atoms with Crippen LogP contribution in [0.2, 0.25) is 5.15 Å². The first-order valence-electron chi connectivity index (χ1n) is 11.7. The molecule has 2 aliphatic rings. The van der Waals surface area contributed by atoms with Crippen LogP contribution in [0.4, 0.5) is 8.78 Å². The topological polar surface area (TPSA) is 105 Å². The Balaban J connectivity index is 1.37. The van der Waals surface area contributed by atoms with Gasteiger partial charge in [0.05, 0.1) is 23.8 Å². The van der Waals surface area contributed by atoms with Gasteiger partial charge in [0, 0.05) is 35.1 Å². The smallest absolute Gasteiger partial charge is 0.251 e. The van der Waals surface area contributed by atoms with E-state index in [-0.39, 0.29) is 58.0 Å². The molecule has 8 nitrogen and oxygen atoms in total. The summed E-state index contributed by atoms with van der Waals surface area (Å²) in [6.07, 6.45) is 3.75. The van der Waals surface area contributed by atoms with Crippen LogP contribution in [-0.2, 0) is 0 Å². The van der Waals surface area contributed by atoms with Crippen LogP contribution in [0.1, 0.15) is 42.1 Å². The second-order valence-electron chi connectivity index (χ2n) is 9.38. The van der Waals surface area contributed by atoms with Crippen LogP contribution in [0.15, 0.2) is 42.7 Å². The molecule has 186 valence electrons. The summed E-state index contributed by atoms with van der Waals surface area (Å²) in [5.41, 5.74) is 1.18. The second-order valence-corrected chi connectivity index (χ2v) is 9.74. The van der Waals surface area contributed by atoms with Crippen LogP contribution in [0.25, 0.3) is 28.0 Å². The van der Waals surface area contributed by atoms with Gasteiger partial charge in [-0.15, -0.1) is 5.10 Å². The lowest BCUT2D eigenvalue weighted by molar-refractivity contribution is 0.0438. The van der Waals surface area contributed by atoms with E-state index in [9.17, 15) is 19.4 Å². The zero-order valence-corrected chi connectivity index (χ0v) is 19.7. The highest BCUT2D eigenvalue weighted by atomic mass is 35.5. The van der Waals surface area contributed by atoms with E-state index in [2.05, 4.69) is 15.4 Å². The largest absolute Gasteiger partial charge is 0.390 e. The summed E-state index contributed by atoms with van der Waals surface area (Å²) >= 11 is 6.59. The molecule has 0 aliphatic heterocycles. The predicted molar refractivity (Wildman–Crippen MR) is 128 cm³/mol. The summed E-state index contributed by atoms with van der Waals surface area (Å²) in [6, 6.07) is 7.20. The van der Waals surface area contributed by atoms with Gasteiger partial charge in [-0.05, 0) is 43.9 Å². The highest BCUT2D eigenvalue weighted by Crippen LogP contribution is 2.41. The Labute approximate surface area is 209 Å². The third kappa shape index (κ3) is 3.95. The Morgan fingerprint density at radius 2 is 1.86 bits per heavy atom. The summed E-state index contributed by atoms with van der Waals surface area (Å²) in [5.74, 6) is -1.71. The fourth-order valence-corrected chi connectivity index (χ4v) is 5.04. The van der Waals surface area contributed by atoms with Gasteiger partial charge in [0.15, 0.2) is 0 Å². The summed E-state index contributed by atoms with van der Waals surface area (Å²) in [4.78, 5) is 17.3. The summed E-state index contributed by atoms with van der Waals surface area (Å²) in [7, 11) is 0. The number of benzene rings is 1. The lowest BCUT2D eigenvalue weighted by Gasteiger charge is -2.12. The molecule has 11 heteroatoms. The molecule has 0 spiro atoms. The molecule has 3 heterocycles. The number of carbonyl (C=O) groups excluding carboxylic acids is 1. The molecule has 6 rings (SSSR count).